The van der Waals surface area contributed by atoms with Gasteiger partial charge in [-0.3, -0.25) is 0 Å². The van der Waals surface area contributed by atoms with Gasteiger partial charge >= 0.3 is 12.3 Å². The summed E-state index contributed by atoms with van der Waals surface area (Å²) in [5.74, 6) is -4.08. The van der Waals surface area contributed by atoms with Gasteiger partial charge < -0.3 is 5.32 Å². The normalized spacial score (nSPS) is 20.5. The Kier molecular flexibility index (Phi) is 2.37. The summed E-state index contributed by atoms with van der Waals surface area (Å²) in [5.41, 5.74) is 0. The SMILES string of the molecule is FC(F)C(F)(F)CC1CNC1. The predicted molar refractivity (Wildman–Crippen MR) is 31.9 cm³/mol. The van der Waals surface area contributed by atoms with Crippen LogP contribution in [0.5, 0.6) is 0 Å². The quantitative estimate of drug-likeness (QED) is 0.634. The third-order valence-corrected chi connectivity index (χ3v) is 1.75. The van der Waals surface area contributed by atoms with E-state index >= 15 is 0 Å². The van der Waals surface area contributed by atoms with Crippen molar-refractivity contribution in [1.29, 1.82) is 0 Å². The van der Waals surface area contributed by atoms with E-state index in [1.807, 2.05) is 0 Å². The van der Waals surface area contributed by atoms with E-state index in [2.05, 4.69) is 5.32 Å². The van der Waals surface area contributed by atoms with E-state index in [9.17, 15) is 17.6 Å². The smallest absolute Gasteiger partial charge is 0.307 e. The maximum absolute atomic E-state index is 12.2. The molecule has 1 nitrogen and oxygen atoms in total. The Morgan fingerprint density at radius 2 is 1.91 bits per heavy atom. The molecule has 0 amide bonds. The molecule has 1 N–H and O–H groups in total. The molecule has 0 aromatic carbocycles. The topological polar surface area (TPSA) is 12.0 Å². The summed E-state index contributed by atoms with van der Waals surface area (Å²) in [6, 6.07) is 0. The number of rotatable bonds is 3. The molecule has 0 spiro atoms. The first-order valence-corrected chi connectivity index (χ1v) is 3.39. The lowest BCUT2D eigenvalue weighted by molar-refractivity contribution is -0.143. The van der Waals surface area contributed by atoms with Crippen molar-refractivity contribution >= 4 is 0 Å². The van der Waals surface area contributed by atoms with Gasteiger partial charge in [0.05, 0.1) is 0 Å². The molecule has 1 fully saturated rings. The summed E-state index contributed by atoms with van der Waals surface area (Å²) >= 11 is 0. The van der Waals surface area contributed by atoms with Crippen LogP contribution in [0.3, 0.4) is 0 Å². The third kappa shape index (κ3) is 2.05. The molecule has 11 heavy (non-hydrogen) atoms. The van der Waals surface area contributed by atoms with Crippen LogP contribution in [-0.4, -0.2) is 25.4 Å². The fourth-order valence-electron chi connectivity index (χ4n) is 0.967. The molecule has 0 aliphatic carbocycles. The van der Waals surface area contributed by atoms with Gasteiger partial charge in [0.2, 0.25) is 0 Å². The monoisotopic (exact) mass is 171 g/mol. The molecule has 0 saturated carbocycles. The second-order valence-corrected chi connectivity index (χ2v) is 2.79. The summed E-state index contributed by atoms with van der Waals surface area (Å²) in [5, 5.41) is 2.74. The molecule has 1 aliphatic rings. The average Bonchev–Trinajstić information content (AvgIpc) is 1.79. The van der Waals surface area contributed by atoms with Gasteiger partial charge in [-0.15, -0.1) is 0 Å². The Morgan fingerprint density at radius 1 is 1.36 bits per heavy atom. The van der Waals surface area contributed by atoms with Gasteiger partial charge in [0, 0.05) is 6.42 Å². The lowest BCUT2D eigenvalue weighted by atomic mass is 9.95. The average molecular weight is 171 g/mol. The van der Waals surface area contributed by atoms with Gasteiger partial charge in [-0.05, 0) is 19.0 Å². The van der Waals surface area contributed by atoms with Crippen molar-refractivity contribution in [1.82, 2.24) is 5.32 Å². The molecule has 1 aliphatic heterocycles. The molecule has 0 atom stereocenters. The van der Waals surface area contributed by atoms with Crippen molar-refractivity contribution in [3.8, 4) is 0 Å². The van der Waals surface area contributed by atoms with Crippen LogP contribution >= 0.6 is 0 Å². The zero-order chi connectivity index (χ0) is 8.48. The zero-order valence-electron chi connectivity index (χ0n) is 5.79. The lowest BCUT2D eigenvalue weighted by Crippen LogP contribution is -2.46. The molecule has 0 aromatic heterocycles. The largest absolute Gasteiger partial charge is 0.316 e. The second-order valence-electron chi connectivity index (χ2n) is 2.79. The van der Waals surface area contributed by atoms with Gasteiger partial charge in [-0.1, -0.05) is 0 Å². The number of alkyl halides is 4. The van der Waals surface area contributed by atoms with Crippen LogP contribution in [0.25, 0.3) is 0 Å². The summed E-state index contributed by atoms with van der Waals surface area (Å²) in [6.07, 6.45) is -4.22. The molecule has 5 heteroatoms. The highest BCUT2D eigenvalue weighted by molar-refractivity contribution is 4.82. The van der Waals surface area contributed by atoms with Crippen molar-refractivity contribution < 1.29 is 17.6 Å². The van der Waals surface area contributed by atoms with Gasteiger partial charge in [0.25, 0.3) is 0 Å². The Bertz CT molecular complexity index is 133. The Hall–Kier alpha value is -0.320. The van der Waals surface area contributed by atoms with Crippen LogP contribution in [-0.2, 0) is 0 Å². The first kappa shape index (κ1) is 8.77. The molecule has 0 radical (unpaired) electrons. The zero-order valence-corrected chi connectivity index (χ0v) is 5.79. The van der Waals surface area contributed by atoms with Gasteiger partial charge in [-0.2, -0.15) is 0 Å². The molecule has 0 bridgehead atoms. The minimum absolute atomic E-state index is 0.279. The molecule has 1 rings (SSSR count). The highest BCUT2D eigenvalue weighted by atomic mass is 19.3. The van der Waals surface area contributed by atoms with Crippen molar-refractivity contribution in [3.05, 3.63) is 0 Å². The van der Waals surface area contributed by atoms with Crippen molar-refractivity contribution in [2.24, 2.45) is 5.92 Å². The van der Waals surface area contributed by atoms with Crippen LogP contribution in [0.2, 0.25) is 0 Å². The van der Waals surface area contributed by atoms with Crippen LogP contribution < -0.4 is 5.32 Å². The number of nitrogens with one attached hydrogen (secondary N) is 1. The maximum atomic E-state index is 12.2. The molecule has 1 heterocycles. The molecular weight excluding hydrogens is 162 g/mol. The maximum Gasteiger partial charge on any atom is 0.307 e. The molecule has 66 valence electrons. The number of hydrogen-bond donors (Lipinski definition) is 1. The van der Waals surface area contributed by atoms with Crippen LogP contribution in [0.1, 0.15) is 6.42 Å². The Balaban J connectivity index is 2.32. The van der Waals surface area contributed by atoms with Gasteiger partial charge in [-0.25, -0.2) is 17.6 Å². The minimum atomic E-state index is -3.80. The van der Waals surface area contributed by atoms with E-state index in [0.717, 1.165) is 0 Å². The van der Waals surface area contributed by atoms with E-state index in [1.165, 1.54) is 0 Å². The fraction of sp³-hybridized carbons (Fsp3) is 1.00. The van der Waals surface area contributed by atoms with Crippen molar-refractivity contribution in [3.63, 3.8) is 0 Å². The Labute approximate surface area is 61.8 Å². The first-order valence-electron chi connectivity index (χ1n) is 3.39. The summed E-state index contributed by atoms with van der Waals surface area (Å²) in [6.45, 7) is 0.866. The molecule has 1 saturated heterocycles. The van der Waals surface area contributed by atoms with E-state index in [1.54, 1.807) is 0 Å². The number of halogens is 4. The van der Waals surface area contributed by atoms with E-state index in [-0.39, 0.29) is 5.92 Å². The second kappa shape index (κ2) is 2.97. The summed E-state index contributed by atoms with van der Waals surface area (Å²) in [4.78, 5) is 0. The van der Waals surface area contributed by atoms with E-state index < -0.39 is 18.8 Å². The van der Waals surface area contributed by atoms with Crippen LogP contribution in [0.4, 0.5) is 17.6 Å². The molecule has 0 unspecified atom stereocenters. The molecule has 0 aromatic rings. The predicted octanol–water partition coefficient (Wildman–Crippen LogP) is 1.50. The lowest BCUT2D eigenvalue weighted by Gasteiger charge is -2.30. The number of hydrogen-bond acceptors (Lipinski definition) is 1. The minimum Gasteiger partial charge on any atom is -0.316 e. The van der Waals surface area contributed by atoms with Crippen molar-refractivity contribution in [2.45, 2.75) is 18.8 Å². The fourth-order valence-corrected chi connectivity index (χ4v) is 0.967. The standard InChI is InChI=1S/C6H9F4N/c7-5(8)6(9,10)1-4-2-11-3-4/h4-5,11H,1-3H2. The third-order valence-electron chi connectivity index (χ3n) is 1.75. The van der Waals surface area contributed by atoms with E-state index in [0.29, 0.717) is 13.1 Å². The van der Waals surface area contributed by atoms with E-state index in [4.69, 9.17) is 0 Å². The van der Waals surface area contributed by atoms with Crippen molar-refractivity contribution in [2.75, 3.05) is 13.1 Å². The van der Waals surface area contributed by atoms with Crippen LogP contribution in [0, 0.1) is 5.92 Å². The highest BCUT2D eigenvalue weighted by Gasteiger charge is 2.43. The van der Waals surface area contributed by atoms with Gasteiger partial charge in [0.15, 0.2) is 0 Å². The first-order chi connectivity index (χ1) is 5.02. The summed E-state index contributed by atoms with van der Waals surface area (Å²) < 4.78 is 47.6. The summed E-state index contributed by atoms with van der Waals surface area (Å²) in [7, 11) is 0. The Morgan fingerprint density at radius 3 is 2.18 bits per heavy atom. The highest BCUT2D eigenvalue weighted by Crippen LogP contribution is 2.31. The molecular formula is C6H9F4N. The van der Waals surface area contributed by atoms with Crippen LogP contribution in [0.15, 0.2) is 0 Å². The van der Waals surface area contributed by atoms with Gasteiger partial charge in [0.1, 0.15) is 0 Å².